The van der Waals surface area contributed by atoms with Crippen LogP contribution < -0.4 is 5.32 Å². The second kappa shape index (κ2) is 5.77. The number of sulfone groups is 1. The second-order valence-corrected chi connectivity index (χ2v) is 7.70. The van der Waals surface area contributed by atoms with Crippen molar-refractivity contribution in [2.75, 3.05) is 25.4 Å². The number of hydrogen-bond donors (Lipinski definition) is 1. The normalized spacial score (nSPS) is 23.8. The van der Waals surface area contributed by atoms with Gasteiger partial charge in [0.2, 0.25) is 5.91 Å². The van der Waals surface area contributed by atoms with E-state index in [0.29, 0.717) is 4.90 Å². The van der Waals surface area contributed by atoms with Crippen molar-refractivity contribution in [1.29, 1.82) is 0 Å². The lowest BCUT2D eigenvalue weighted by molar-refractivity contribution is -0.131. The highest BCUT2D eigenvalue weighted by atomic mass is 32.2. The van der Waals surface area contributed by atoms with E-state index < -0.39 is 9.84 Å². The molecule has 21 heavy (non-hydrogen) atoms. The number of amides is 1. The van der Waals surface area contributed by atoms with Crippen LogP contribution in [0.25, 0.3) is 0 Å². The largest absolute Gasteiger partial charge is 0.342 e. The molecule has 1 N–H and O–H groups in total. The summed E-state index contributed by atoms with van der Waals surface area (Å²) in [4.78, 5) is 14.4. The molecule has 1 aromatic carbocycles. The monoisotopic (exact) mass is 308 g/mol. The van der Waals surface area contributed by atoms with Gasteiger partial charge in [0, 0.05) is 19.1 Å². The molecule has 6 heteroatoms. The van der Waals surface area contributed by atoms with Crippen LogP contribution in [0.2, 0.25) is 0 Å². The van der Waals surface area contributed by atoms with Crippen LogP contribution in [0, 0.1) is 0 Å². The van der Waals surface area contributed by atoms with Gasteiger partial charge in [0.15, 0.2) is 9.84 Å². The molecule has 1 unspecified atom stereocenters. The first-order chi connectivity index (χ1) is 10.1. The average molecular weight is 308 g/mol. The molecule has 1 atom stereocenters. The summed E-state index contributed by atoms with van der Waals surface area (Å²) in [5.74, 6) is 0.107. The molecule has 0 aromatic heterocycles. The summed E-state index contributed by atoms with van der Waals surface area (Å²) in [7, 11) is -3.21. The van der Waals surface area contributed by atoms with Crippen LogP contribution >= 0.6 is 0 Å². The van der Waals surface area contributed by atoms with Crippen molar-refractivity contribution in [2.45, 2.75) is 30.2 Å². The number of carbonyl (C=O) groups is 1. The van der Waals surface area contributed by atoms with E-state index in [0.717, 1.165) is 31.5 Å². The van der Waals surface area contributed by atoms with Crippen molar-refractivity contribution < 1.29 is 13.2 Å². The zero-order valence-corrected chi connectivity index (χ0v) is 12.7. The summed E-state index contributed by atoms with van der Waals surface area (Å²) in [6, 6.07) is 6.75. The minimum Gasteiger partial charge on any atom is -0.342 e. The van der Waals surface area contributed by atoms with Crippen molar-refractivity contribution in [3.8, 4) is 0 Å². The summed E-state index contributed by atoms with van der Waals surface area (Å²) in [5.41, 5.74) is 0.781. The molecule has 114 valence electrons. The zero-order valence-electron chi connectivity index (χ0n) is 11.9. The summed E-state index contributed by atoms with van der Waals surface area (Å²) in [6.07, 6.45) is 3.31. The van der Waals surface area contributed by atoms with Crippen molar-refractivity contribution in [2.24, 2.45) is 0 Å². The number of likely N-dealkylation sites (tertiary alicyclic amines) is 1. The highest BCUT2D eigenvalue weighted by molar-refractivity contribution is 7.91. The molecule has 2 aliphatic heterocycles. The Bertz CT molecular complexity index is 636. The summed E-state index contributed by atoms with van der Waals surface area (Å²) < 4.78 is 24.1. The first kappa shape index (κ1) is 14.5. The molecule has 1 amide bonds. The maximum atomic E-state index is 12.1. The molecule has 0 spiro atoms. The molecule has 2 heterocycles. The Hall–Kier alpha value is -1.40. The fourth-order valence-corrected chi connectivity index (χ4v) is 4.86. The highest BCUT2D eigenvalue weighted by Crippen LogP contribution is 2.32. The Morgan fingerprint density at radius 3 is 2.67 bits per heavy atom. The third-order valence-corrected chi connectivity index (χ3v) is 6.04. The molecule has 0 radical (unpaired) electrons. The van der Waals surface area contributed by atoms with E-state index >= 15 is 0 Å². The van der Waals surface area contributed by atoms with Crippen LogP contribution in [-0.4, -0.2) is 44.6 Å². The molecule has 1 fully saturated rings. The molecule has 2 aliphatic rings. The van der Waals surface area contributed by atoms with Gasteiger partial charge in [-0.2, -0.15) is 0 Å². The van der Waals surface area contributed by atoms with Gasteiger partial charge in [-0.15, -0.1) is 0 Å². The van der Waals surface area contributed by atoms with E-state index in [4.69, 9.17) is 0 Å². The minimum atomic E-state index is -3.21. The SMILES string of the molecule is O=C(CNC1CS(=O)(=O)c2ccccc21)N1CCCCC1. The number of rotatable bonds is 3. The summed E-state index contributed by atoms with van der Waals surface area (Å²) in [5, 5.41) is 3.12. The number of fused-ring (bicyclic) bond motifs is 1. The quantitative estimate of drug-likeness (QED) is 0.908. The van der Waals surface area contributed by atoms with Gasteiger partial charge in [-0.05, 0) is 30.9 Å². The maximum absolute atomic E-state index is 12.1. The van der Waals surface area contributed by atoms with E-state index in [1.807, 2.05) is 17.0 Å². The van der Waals surface area contributed by atoms with Gasteiger partial charge in [-0.1, -0.05) is 18.2 Å². The van der Waals surface area contributed by atoms with Crippen LogP contribution in [-0.2, 0) is 14.6 Å². The lowest BCUT2D eigenvalue weighted by Crippen LogP contribution is -2.42. The van der Waals surface area contributed by atoms with Gasteiger partial charge < -0.3 is 10.2 Å². The topological polar surface area (TPSA) is 66.5 Å². The number of benzene rings is 1. The van der Waals surface area contributed by atoms with Gasteiger partial charge in [0.05, 0.1) is 17.2 Å². The lowest BCUT2D eigenvalue weighted by Gasteiger charge is -2.27. The number of hydrogen-bond acceptors (Lipinski definition) is 4. The molecule has 1 saturated heterocycles. The van der Waals surface area contributed by atoms with Crippen molar-refractivity contribution in [1.82, 2.24) is 10.2 Å². The van der Waals surface area contributed by atoms with Crippen molar-refractivity contribution in [3.63, 3.8) is 0 Å². The van der Waals surface area contributed by atoms with Gasteiger partial charge in [0.1, 0.15) is 0 Å². The van der Waals surface area contributed by atoms with Gasteiger partial charge >= 0.3 is 0 Å². The molecule has 3 rings (SSSR count). The number of nitrogens with zero attached hydrogens (tertiary/aromatic N) is 1. The van der Waals surface area contributed by atoms with Gasteiger partial charge in [-0.25, -0.2) is 8.42 Å². The first-order valence-electron chi connectivity index (χ1n) is 7.41. The highest BCUT2D eigenvalue weighted by Gasteiger charge is 2.34. The Labute approximate surface area is 125 Å². The van der Waals surface area contributed by atoms with Crippen LogP contribution in [0.1, 0.15) is 30.9 Å². The first-order valence-corrected chi connectivity index (χ1v) is 9.06. The molecular formula is C15H20N2O3S. The molecular weight excluding hydrogens is 288 g/mol. The van der Waals surface area contributed by atoms with E-state index in [1.54, 1.807) is 12.1 Å². The number of nitrogens with one attached hydrogen (secondary N) is 1. The number of carbonyl (C=O) groups excluding carboxylic acids is 1. The zero-order chi connectivity index (χ0) is 14.9. The summed E-state index contributed by atoms with van der Waals surface area (Å²) in [6.45, 7) is 1.84. The second-order valence-electron chi connectivity index (χ2n) is 5.69. The van der Waals surface area contributed by atoms with E-state index in [9.17, 15) is 13.2 Å². The lowest BCUT2D eigenvalue weighted by atomic mass is 10.1. The average Bonchev–Trinajstić information content (AvgIpc) is 2.77. The Morgan fingerprint density at radius 2 is 1.90 bits per heavy atom. The van der Waals surface area contributed by atoms with Crippen molar-refractivity contribution in [3.05, 3.63) is 29.8 Å². The minimum absolute atomic E-state index is 0.0413. The predicted molar refractivity (Wildman–Crippen MR) is 79.7 cm³/mol. The third-order valence-electron chi connectivity index (χ3n) is 4.22. The standard InChI is InChI=1S/C15H20N2O3S/c18-15(17-8-4-1-5-9-17)10-16-13-11-21(19,20)14-7-3-2-6-12(13)14/h2-3,6-7,13,16H,1,4-5,8-11H2. The third kappa shape index (κ3) is 2.96. The van der Waals surface area contributed by atoms with Crippen LogP contribution in [0.15, 0.2) is 29.2 Å². The fourth-order valence-electron chi connectivity index (χ4n) is 3.09. The molecule has 5 nitrogen and oxygen atoms in total. The van der Waals surface area contributed by atoms with Crippen LogP contribution in [0.4, 0.5) is 0 Å². The summed E-state index contributed by atoms with van der Waals surface area (Å²) >= 11 is 0. The van der Waals surface area contributed by atoms with E-state index in [2.05, 4.69) is 5.32 Å². The predicted octanol–water partition coefficient (Wildman–Crippen LogP) is 1.12. The molecule has 0 saturated carbocycles. The Kier molecular flexibility index (Phi) is 3.99. The Balaban J connectivity index is 1.65. The van der Waals surface area contributed by atoms with E-state index in [1.165, 1.54) is 6.42 Å². The molecule has 0 aliphatic carbocycles. The smallest absolute Gasteiger partial charge is 0.236 e. The molecule has 0 bridgehead atoms. The van der Waals surface area contributed by atoms with Crippen LogP contribution in [0.5, 0.6) is 0 Å². The molecule has 1 aromatic rings. The van der Waals surface area contributed by atoms with Crippen molar-refractivity contribution >= 4 is 15.7 Å². The van der Waals surface area contributed by atoms with E-state index in [-0.39, 0.29) is 24.2 Å². The van der Waals surface area contributed by atoms with Gasteiger partial charge in [-0.3, -0.25) is 4.79 Å². The van der Waals surface area contributed by atoms with Gasteiger partial charge in [0.25, 0.3) is 0 Å². The number of piperidine rings is 1. The fraction of sp³-hybridized carbons (Fsp3) is 0.533. The maximum Gasteiger partial charge on any atom is 0.236 e. The Morgan fingerprint density at radius 1 is 1.19 bits per heavy atom. The van der Waals surface area contributed by atoms with Crippen LogP contribution in [0.3, 0.4) is 0 Å².